The predicted octanol–water partition coefficient (Wildman–Crippen LogP) is 3.66. The van der Waals surface area contributed by atoms with Gasteiger partial charge in [0.05, 0.1) is 0 Å². The van der Waals surface area contributed by atoms with Crippen molar-refractivity contribution in [2.24, 2.45) is 21.8 Å². The molecule has 0 spiro atoms. The van der Waals surface area contributed by atoms with Gasteiger partial charge in [-0.05, 0) is 49.5 Å². The summed E-state index contributed by atoms with van der Waals surface area (Å²) in [5.74, 6) is 0.388. The maximum atomic E-state index is 12.7. The second kappa shape index (κ2) is 5.41. The number of Topliss-reactive ketones (excluding diaryl/α,β-unsaturated/α-hetero) is 1. The molecule has 4 nitrogen and oxygen atoms in total. The molecule has 23 heavy (non-hydrogen) atoms. The molecule has 2 aliphatic rings. The Morgan fingerprint density at radius 3 is 2.48 bits per heavy atom. The van der Waals surface area contributed by atoms with E-state index in [2.05, 4.69) is 36.6 Å². The summed E-state index contributed by atoms with van der Waals surface area (Å²) in [7, 11) is 0. The van der Waals surface area contributed by atoms with Gasteiger partial charge in [0, 0.05) is 17.0 Å². The number of carbonyl (C=O) groups excluding carboxylic acids is 1. The summed E-state index contributed by atoms with van der Waals surface area (Å²) >= 11 is 5.27. The summed E-state index contributed by atoms with van der Waals surface area (Å²) in [6.45, 7) is 8.46. The molecule has 0 radical (unpaired) electrons. The van der Waals surface area contributed by atoms with Crippen molar-refractivity contribution in [2.75, 3.05) is 5.32 Å². The lowest BCUT2D eigenvalue weighted by Gasteiger charge is -2.31. The maximum Gasteiger partial charge on any atom is 0.191 e. The standard InChI is InChI=1S/C18H23N3OS/c1-11-5-7-12(8-6-11)19-16(23)21-20-14-13-9-10-18(4,15(14)22)17(13,2)3/h5-8,13H,9-10H2,1-4H3,(H2,19,21,23)/b20-14+/t13-,18-/m0/s1. The average molecular weight is 329 g/mol. The lowest BCUT2D eigenvalue weighted by Crippen LogP contribution is -2.34. The van der Waals surface area contributed by atoms with Crippen molar-refractivity contribution in [1.82, 2.24) is 5.43 Å². The van der Waals surface area contributed by atoms with Crippen LogP contribution in [0, 0.1) is 23.7 Å². The third-order valence-corrected chi connectivity index (χ3v) is 6.07. The number of hydrogen-bond acceptors (Lipinski definition) is 3. The van der Waals surface area contributed by atoms with Gasteiger partial charge in [0.25, 0.3) is 0 Å². The second-order valence-electron chi connectivity index (χ2n) is 7.40. The highest BCUT2D eigenvalue weighted by atomic mass is 32.1. The highest BCUT2D eigenvalue weighted by Gasteiger charge is 2.65. The molecule has 0 unspecified atom stereocenters. The Bertz CT molecular complexity index is 693. The quantitative estimate of drug-likeness (QED) is 0.642. The Hall–Kier alpha value is -1.75. The molecule has 1 aromatic rings. The van der Waals surface area contributed by atoms with Crippen LogP contribution in [0.3, 0.4) is 0 Å². The smallest absolute Gasteiger partial charge is 0.191 e. The number of carbonyl (C=O) groups is 1. The fraction of sp³-hybridized carbons (Fsp3) is 0.500. The lowest BCUT2D eigenvalue weighted by atomic mass is 9.70. The van der Waals surface area contributed by atoms with Crippen molar-refractivity contribution in [1.29, 1.82) is 0 Å². The summed E-state index contributed by atoms with van der Waals surface area (Å²) in [5, 5.41) is 7.84. The van der Waals surface area contributed by atoms with Crippen LogP contribution in [0.4, 0.5) is 5.69 Å². The Morgan fingerprint density at radius 2 is 1.91 bits per heavy atom. The van der Waals surface area contributed by atoms with Gasteiger partial charge in [0.15, 0.2) is 10.9 Å². The average Bonchev–Trinajstić information content (AvgIpc) is 2.80. The summed E-state index contributed by atoms with van der Waals surface area (Å²) in [4.78, 5) is 12.7. The molecule has 2 atom stereocenters. The zero-order chi connectivity index (χ0) is 16.8. The summed E-state index contributed by atoms with van der Waals surface area (Å²) in [5.41, 5.74) is 5.27. The Morgan fingerprint density at radius 1 is 1.26 bits per heavy atom. The molecule has 0 amide bonds. The molecular formula is C18H23N3OS. The van der Waals surface area contributed by atoms with E-state index in [1.807, 2.05) is 31.2 Å². The number of nitrogens with one attached hydrogen (secondary N) is 2. The third-order valence-electron chi connectivity index (χ3n) is 5.88. The Labute approximate surface area is 142 Å². The molecule has 2 bridgehead atoms. The van der Waals surface area contributed by atoms with Crippen LogP contribution in [0.2, 0.25) is 0 Å². The van der Waals surface area contributed by atoms with Crippen LogP contribution >= 0.6 is 12.2 Å². The van der Waals surface area contributed by atoms with Crippen molar-refractivity contribution in [2.45, 2.75) is 40.5 Å². The van der Waals surface area contributed by atoms with Crippen LogP contribution in [0.15, 0.2) is 29.4 Å². The molecule has 2 N–H and O–H groups in total. The second-order valence-corrected chi connectivity index (χ2v) is 7.81. The minimum Gasteiger partial charge on any atom is -0.331 e. The topological polar surface area (TPSA) is 53.5 Å². The number of hydrazone groups is 1. The molecule has 1 aromatic carbocycles. The molecule has 0 aromatic heterocycles. The first-order chi connectivity index (χ1) is 10.8. The minimum absolute atomic E-state index is 0.0311. The molecule has 0 aliphatic heterocycles. The van der Waals surface area contributed by atoms with E-state index in [9.17, 15) is 4.79 Å². The van der Waals surface area contributed by atoms with Gasteiger partial charge in [-0.15, -0.1) is 0 Å². The zero-order valence-electron chi connectivity index (χ0n) is 14.1. The van der Waals surface area contributed by atoms with Gasteiger partial charge in [-0.2, -0.15) is 5.10 Å². The Balaban J connectivity index is 1.70. The minimum atomic E-state index is -0.288. The summed E-state index contributed by atoms with van der Waals surface area (Å²) in [6.07, 6.45) is 1.97. The number of thiocarbonyl (C=S) groups is 1. The lowest BCUT2D eigenvalue weighted by molar-refractivity contribution is -0.123. The van der Waals surface area contributed by atoms with Crippen LogP contribution in [0.25, 0.3) is 0 Å². The number of benzene rings is 1. The van der Waals surface area contributed by atoms with E-state index in [0.29, 0.717) is 10.8 Å². The largest absolute Gasteiger partial charge is 0.331 e. The van der Waals surface area contributed by atoms with Gasteiger partial charge in [-0.1, -0.05) is 38.5 Å². The van der Waals surface area contributed by atoms with Gasteiger partial charge in [0.1, 0.15) is 5.71 Å². The van der Waals surface area contributed by atoms with E-state index in [-0.39, 0.29) is 22.5 Å². The molecular weight excluding hydrogens is 306 g/mol. The molecule has 122 valence electrons. The van der Waals surface area contributed by atoms with Gasteiger partial charge in [0.2, 0.25) is 0 Å². The van der Waals surface area contributed by atoms with Crippen molar-refractivity contribution in [3.8, 4) is 0 Å². The molecule has 2 fully saturated rings. The van der Waals surface area contributed by atoms with Crippen LogP contribution in [-0.2, 0) is 4.79 Å². The third kappa shape index (κ3) is 2.47. The van der Waals surface area contributed by atoms with Gasteiger partial charge in [-0.3, -0.25) is 10.2 Å². The van der Waals surface area contributed by atoms with Gasteiger partial charge >= 0.3 is 0 Å². The molecule has 5 heteroatoms. The molecule has 3 rings (SSSR count). The van der Waals surface area contributed by atoms with E-state index in [4.69, 9.17) is 12.2 Å². The SMILES string of the molecule is Cc1ccc(NC(=S)N/N=C2/C(=O)[C@]3(C)CC[C@@H]2C3(C)C)cc1. The monoisotopic (exact) mass is 329 g/mol. The number of fused-ring (bicyclic) bond motifs is 2. The number of anilines is 1. The van der Waals surface area contributed by atoms with Gasteiger partial charge in [-0.25, -0.2) is 0 Å². The zero-order valence-corrected chi connectivity index (χ0v) is 14.9. The van der Waals surface area contributed by atoms with Crippen LogP contribution in [0.5, 0.6) is 0 Å². The van der Waals surface area contributed by atoms with E-state index in [1.165, 1.54) is 5.56 Å². The van der Waals surface area contributed by atoms with Crippen molar-refractivity contribution in [3.05, 3.63) is 29.8 Å². The van der Waals surface area contributed by atoms with Crippen LogP contribution < -0.4 is 10.7 Å². The van der Waals surface area contributed by atoms with E-state index in [0.717, 1.165) is 18.5 Å². The first-order valence-electron chi connectivity index (χ1n) is 8.02. The van der Waals surface area contributed by atoms with E-state index < -0.39 is 0 Å². The first kappa shape index (κ1) is 16.1. The predicted molar refractivity (Wildman–Crippen MR) is 97.6 cm³/mol. The molecule has 0 heterocycles. The number of ketones is 1. The number of hydrogen-bond donors (Lipinski definition) is 2. The van der Waals surface area contributed by atoms with Crippen LogP contribution in [-0.4, -0.2) is 16.6 Å². The summed E-state index contributed by atoms with van der Waals surface area (Å²) < 4.78 is 0. The number of aryl methyl sites for hydroxylation is 1. The molecule has 2 aliphatic carbocycles. The highest BCUT2D eigenvalue weighted by Crippen LogP contribution is 2.62. The van der Waals surface area contributed by atoms with Crippen LogP contribution in [0.1, 0.15) is 39.2 Å². The maximum absolute atomic E-state index is 12.7. The Kier molecular flexibility index (Phi) is 3.79. The van der Waals surface area contributed by atoms with Crippen molar-refractivity contribution in [3.63, 3.8) is 0 Å². The van der Waals surface area contributed by atoms with Crippen molar-refractivity contribution >= 4 is 34.5 Å². The highest BCUT2D eigenvalue weighted by molar-refractivity contribution is 7.80. The normalized spacial score (nSPS) is 29.8. The summed E-state index contributed by atoms with van der Waals surface area (Å²) in [6, 6.07) is 7.95. The van der Waals surface area contributed by atoms with Crippen molar-refractivity contribution < 1.29 is 4.79 Å². The first-order valence-corrected chi connectivity index (χ1v) is 8.42. The number of rotatable bonds is 2. The molecule has 0 saturated heterocycles. The number of nitrogens with zero attached hydrogens (tertiary/aromatic N) is 1. The van der Waals surface area contributed by atoms with E-state index >= 15 is 0 Å². The molecule has 2 saturated carbocycles. The fourth-order valence-corrected chi connectivity index (χ4v) is 4.03. The van der Waals surface area contributed by atoms with Gasteiger partial charge < -0.3 is 5.32 Å². The fourth-order valence-electron chi connectivity index (χ4n) is 3.86. The van der Waals surface area contributed by atoms with E-state index in [1.54, 1.807) is 0 Å².